The number of carbonyl (C=O) groups excluding carboxylic acids is 3. The number of halogens is 1. The summed E-state index contributed by atoms with van der Waals surface area (Å²) in [5.74, 6) is -1.43. The Kier molecular flexibility index (Phi) is 7.55. The van der Waals surface area contributed by atoms with Crippen molar-refractivity contribution in [2.45, 2.75) is 29.8 Å². The van der Waals surface area contributed by atoms with Crippen molar-refractivity contribution in [2.75, 3.05) is 33.3 Å². The van der Waals surface area contributed by atoms with Crippen molar-refractivity contribution < 1.29 is 31.9 Å². The number of ether oxygens (including phenoxy) is 1. The standard InChI is InChI=1S/C24H27FN4O6S/c1-35-18-8-4-16(5-9-18)24(32)29-14-13-28(36(33,34)19-10-6-17(25)7-11-19)15-21(29)23(31)27-20-3-2-12-26-22(20)30/h4-11,20-21H,2-3,12-15H2,1H3,(H,26,30)(H,27,31)/t20-,21-/m1/s1. The number of benzene rings is 2. The van der Waals surface area contributed by atoms with Crippen molar-refractivity contribution in [3.05, 3.63) is 59.9 Å². The molecule has 2 aliphatic heterocycles. The van der Waals surface area contributed by atoms with Gasteiger partial charge >= 0.3 is 0 Å². The molecule has 2 aromatic carbocycles. The Balaban J connectivity index is 1.60. The Hall–Kier alpha value is -3.51. The molecule has 0 radical (unpaired) electrons. The van der Waals surface area contributed by atoms with Gasteiger partial charge in [-0.2, -0.15) is 4.31 Å². The molecule has 4 rings (SSSR count). The number of amides is 3. The van der Waals surface area contributed by atoms with Crippen LogP contribution in [0.3, 0.4) is 0 Å². The van der Waals surface area contributed by atoms with Crippen LogP contribution in [0.4, 0.5) is 4.39 Å². The lowest BCUT2D eigenvalue weighted by molar-refractivity contribution is -0.133. The summed E-state index contributed by atoms with van der Waals surface area (Å²) in [4.78, 5) is 40.1. The molecule has 2 N–H and O–H groups in total. The Labute approximate surface area is 208 Å². The number of nitrogens with zero attached hydrogens (tertiary/aromatic N) is 2. The van der Waals surface area contributed by atoms with Gasteiger partial charge in [0.1, 0.15) is 23.7 Å². The van der Waals surface area contributed by atoms with E-state index in [1.165, 1.54) is 12.0 Å². The SMILES string of the molecule is COc1ccc(C(=O)N2CCN(S(=O)(=O)c3ccc(F)cc3)C[C@@H]2C(=O)N[C@@H]2CCCNC2=O)cc1. The van der Waals surface area contributed by atoms with Crippen LogP contribution in [0.25, 0.3) is 0 Å². The fraction of sp³-hybridized carbons (Fsp3) is 0.375. The minimum absolute atomic E-state index is 0.0553. The summed E-state index contributed by atoms with van der Waals surface area (Å²) >= 11 is 0. The number of hydrogen-bond donors (Lipinski definition) is 2. The van der Waals surface area contributed by atoms with Crippen molar-refractivity contribution in [3.63, 3.8) is 0 Å². The van der Waals surface area contributed by atoms with Crippen LogP contribution in [0.15, 0.2) is 53.4 Å². The molecule has 2 aliphatic rings. The predicted octanol–water partition coefficient (Wildman–Crippen LogP) is 0.744. The average Bonchev–Trinajstić information content (AvgIpc) is 2.89. The number of sulfonamides is 1. The summed E-state index contributed by atoms with van der Waals surface area (Å²) in [6.45, 7) is 0.0811. The molecule has 12 heteroatoms. The van der Waals surface area contributed by atoms with E-state index >= 15 is 0 Å². The highest BCUT2D eigenvalue weighted by Crippen LogP contribution is 2.23. The molecule has 0 unspecified atom stereocenters. The summed E-state index contributed by atoms with van der Waals surface area (Å²) in [7, 11) is -2.56. The number of nitrogens with one attached hydrogen (secondary N) is 2. The van der Waals surface area contributed by atoms with Crippen molar-refractivity contribution in [2.24, 2.45) is 0 Å². The maximum atomic E-state index is 13.4. The van der Waals surface area contributed by atoms with Crippen LogP contribution in [0.1, 0.15) is 23.2 Å². The fourth-order valence-corrected chi connectivity index (χ4v) is 5.71. The van der Waals surface area contributed by atoms with Gasteiger partial charge in [-0.05, 0) is 61.4 Å². The first-order valence-electron chi connectivity index (χ1n) is 11.5. The Morgan fingerprint density at radius 3 is 2.42 bits per heavy atom. The van der Waals surface area contributed by atoms with Gasteiger partial charge in [-0.25, -0.2) is 12.8 Å². The lowest BCUT2D eigenvalue weighted by Crippen LogP contribution is -2.63. The second-order valence-electron chi connectivity index (χ2n) is 8.55. The van der Waals surface area contributed by atoms with Crippen LogP contribution in [-0.4, -0.2) is 80.7 Å². The van der Waals surface area contributed by atoms with Gasteiger partial charge in [0.15, 0.2) is 0 Å². The minimum Gasteiger partial charge on any atom is -0.497 e. The van der Waals surface area contributed by atoms with E-state index in [1.54, 1.807) is 24.3 Å². The Bertz CT molecular complexity index is 1240. The summed E-state index contributed by atoms with van der Waals surface area (Å²) in [5.41, 5.74) is 0.304. The molecule has 10 nitrogen and oxygen atoms in total. The molecular formula is C24H27FN4O6S. The number of piperidine rings is 1. The van der Waals surface area contributed by atoms with E-state index in [2.05, 4.69) is 10.6 Å². The fourth-order valence-electron chi connectivity index (χ4n) is 4.28. The van der Waals surface area contributed by atoms with Crippen molar-refractivity contribution in [3.8, 4) is 5.75 Å². The van der Waals surface area contributed by atoms with Gasteiger partial charge in [-0.3, -0.25) is 14.4 Å². The second kappa shape index (κ2) is 10.6. The molecule has 36 heavy (non-hydrogen) atoms. The zero-order chi connectivity index (χ0) is 25.9. The Morgan fingerprint density at radius 2 is 1.78 bits per heavy atom. The molecule has 192 valence electrons. The topological polar surface area (TPSA) is 125 Å². The molecule has 2 heterocycles. The van der Waals surface area contributed by atoms with E-state index in [0.717, 1.165) is 28.6 Å². The van der Waals surface area contributed by atoms with E-state index in [9.17, 15) is 27.2 Å². The maximum Gasteiger partial charge on any atom is 0.254 e. The van der Waals surface area contributed by atoms with Crippen LogP contribution in [0, 0.1) is 5.82 Å². The molecule has 2 aromatic rings. The van der Waals surface area contributed by atoms with Crippen LogP contribution < -0.4 is 15.4 Å². The number of methoxy groups -OCH3 is 1. The largest absolute Gasteiger partial charge is 0.497 e. The quantitative estimate of drug-likeness (QED) is 0.581. The lowest BCUT2D eigenvalue weighted by Gasteiger charge is -2.40. The smallest absolute Gasteiger partial charge is 0.254 e. The van der Waals surface area contributed by atoms with Crippen molar-refractivity contribution in [1.82, 2.24) is 19.8 Å². The van der Waals surface area contributed by atoms with Gasteiger partial charge in [0.05, 0.1) is 12.0 Å². The van der Waals surface area contributed by atoms with Gasteiger partial charge < -0.3 is 20.3 Å². The highest BCUT2D eigenvalue weighted by Gasteiger charge is 2.41. The highest BCUT2D eigenvalue weighted by atomic mass is 32.2. The normalized spacial score (nSPS) is 20.9. The van der Waals surface area contributed by atoms with Gasteiger partial charge in [0.25, 0.3) is 5.91 Å². The van der Waals surface area contributed by atoms with E-state index in [4.69, 9.17) is 4.74 Å². The molecule has 2 fully saturated rings. The first kappa shape index (κ1) is 25.6. The van der Waals surface area contributed by atoms with E-state index in [0.29, 0.717) is 30.7 Å². The van der Waals surface area contributed by atoms with Gasteiger partial charge in [-0.1, -0.05) is 0 Å². The van der Waals surface area contributed by atoms with Crippen molar-refractivity contribution >= 4 is 27.7 Å². The summed E-state index contributed by atoms with van der Waals surface area (Å²) in [6.07, 6.45) is 1.12. The molecule has 0 aliphatic carbocycles. The third kappa shape index (κ3) is 5.34. The Morgan fingerprint density at radius 1 is 1.08 bits per heavy atom. The van der Waals surface area contributed by atoms with E-state index in [1.807, 2.05) is 0 Å². The van der Waals surface area contributed by atoms with Crippen LogP contribution in [-0.2, 0) is 19.6 Å². The summed E-state index contributed by atoms with van der Waals surface area (Å²) < 4.78 is 46.0. The maximum absolute atomic E-state index is 13.4. The molecular weight excluding hydrogens is 491 g/mol. The molecule has 0 spiro atoms. The number of hydrogen-bond acceptors (Lipinski definition) is 6. The zero-order valence-corrected chi connectivity index (χ0v) is 20.5. The molecule has 0 saturated carbocycles. The monoisotopic (exact) mass is 518 g/mol. The predicted molar refractivity (Wildman–Crippen MR) is 127 cm³/mol. The van der Waals surface area contributed by atoms with Gasteiger partial charge in [-0.15, -0.1) is 0 Å². The molecule has 3 amide bonds. The van der Waals surface area contributed by atoms with Gasteiger partial charge in [0, 0.05) is 31.7 Å². The second-order valence-corrected chi connectivity index (χ2v) is 10.5. The van der Waals surface area contributed by atoms with Crippen LogP contribution in [0.2, 0.25) is 0 Å². The summed E-state index contributed by atoms with van der Waals surface area (Å²) in [6, 6.07) is 8.80. The first-order valence-corrected chi connectivity index (χ1v) is 12.9. The third-order valence-corrected chi connectivity index (χ3v) is 8.18. The van der Waals surface area contributed by atoms with Crippen LogP contribution in [0.5, 0.6) is 5.75 Å². The molecule has 2 atom stereocenters. The summed E-state index contributed by atoms with van der Waals surface area (Å²) in [5, 5.41) is 5.36. The number of piperazine rings is 1. The van der Waals surface area contributed by atoms with E-state index in [-0.39, 0.29) is 30.4 Å². The highest BCUT2D eigenvalue weighted by molar-refractivity contribution is 7.89. The van der Waals surface area contributed by atoms with Crippen molar-refractivity contribution in [1.29, 1.82) is 0 Å². The third-order valence-electron chi connectivity index (χ3n) is 6.30. The first-order chi connectivity index (χ1) is 17.2. The van der Waals surface area contributed by atoms with Gasteiger partial charge in [0.2, 0.25) is 21.8 Å². The average molecular weight is 519 g/mol. The molecule has 0 aromatic heterocycles. The number of carbonyl (C=O) groups is 3. The molecule has 0 bridgehead atoms. The number of rotatable bonds is 6. The van der Waals surface area contributed by atoms with E-state index < -0.39 is 39.7 Å². The van der Waals surface area contributed by atoms with Crippen LogP contribution >= 0.6 is 0 Å². The zero-order valence-electron chi connectivity index (χ0n) is 19.6. The lowest BCUT2D eigenvalue weighted by atomic mass is 10.0. The molecule has 2 saturated heterocycles. The minimum atomic E-state index is -4.06.